The fourth-order valence-corrected chi connectivity index (χ4v) is 2.27. The van der Waals surface area contributed by atoms with Gasteiger partial charge < -0.3 is 5.11 Å². The Morgan fingerprint density at radius 3 is 2.39 bits per heavy atom. The van der Waals surface area contributed by atoms with Crippen LogP contribution in [0.4, 0.5) is 0 Å². The van der Waals surface area contributed by atoms with Gasteiger partial charge in [0.15, 0.2) is 0 Å². The van der Waals surface area contributed by atoms with Crippen LogP contribution in [-0.4, -0.2) is 11.1 Å². The summed E-state index contributed by atoms with van der Waals surface area (Å²) < 4.78 is 0. The van der Waals surface area contributed by atoms with E-state index in [0.29, 0.717) is 21.2 Å². The third kappa shape index (κ3) is 2.50. The third-order valence-corrected chi connectivity index (χ3v) is 3.17. The van der Waals surface area contributed by atoms with E-state index < -0.39 is 5.97 Å². The lowest BCUT2D eigenvalue weighted by atomic mass is 9.99. The molecule has 2 aromatic carbocycles. The summed E-state index contributed by atoms with van der Waals surface area (Å²) in [5.74, 6) is -1.00. The van der Waals surface area contributed by atoms with E-state index in [1.165, 1.54) is 6.07 Å². The number of rotatable bonds is 2. The molecule has 0 spiro atoms. The third-order valence-electron chi connectivity index (χ3n) is 2.63. The fraction of sp³-hybridized carbons (Fsp3) is 0.0714. The molecule has 2 nitrogen and oxygen atoms in total. The molecular weight excluding hydrogens is 271 g/mol. The number of carboxylic acid groups (broad SMARTS) is 1. The lowest BCUT2D eigenvalue weighted by Crippen LogP contribution is -1.99. The van der Waals surface area contributed by atoms with Gasteiger partial charge in [0.1, 0.15) is 0 Å². The molecule has 1 N–H and O–H groups in total. The highest BCUT2D eigenvalue weighted by atomic mass is 35.5. The molecule has 0 heterocycles. The maximum absolute atomic E-state index is 11.2. The van der Waals surface area contributed by atoms with Crippen LogP contribution >= 0.6 is 23.2 Å². The molecule has 0 fully saturated rings. The highest BCUT2D eigenvalue weighted by molar-refractivity contribution is 6.34. The summed E-state index contributed by atoms with van der Waals surface area (Å²) in [4.78, 5) is 11.2. The molecule has 0 aliphatic rings. The van der Waals surface area contributed by atoms with Gasteiger partial charge in [0, 0.05) is 15.6 Å². The standard InChI is InChI=1S/C14H10Cl2O2/c1-8-2-4-10(13(16)6-8)12-7-9(15)3-5-11(12)14(17)18/h2-7H,1H3,(H,17,18). The number of hydrogen-bond donors (Lipinski definition) is 1. The predicted octanol–water partition coefficient (Wildman–Crippen LogP) is 4.67. The topological polar surface area (TPSA) is 37.3 Å². The monoisotopic (exact) mass is 280 g/mol. The molecule has 0 aliphatic heterocycles. The summed E-state index contributed by atoms with van der Waals surface area (Å²) in [6.45, 7) is 1.92. The fourth-order valence-electron chi connectivity index (χ4n) is 1.76. The number of benzene rings is 2. The van der Waals surface area contributed by atoms with E-state index in [0.717, 1.165) is 5.56 Å². The molecule has 0 saturated heterocycles. The summed E-state index contributed by atoms with van der Waals surface area (Å²) in [6, 6.07) is 10.1. The number of aromatic carboxylic acids is 1. The van der Waals surface area contributed by atoms with Crippen LogP contribution in [0, 0.1) is 6.92 Å². The van der Waals surface area contributed by atoms with Crippen molar-refractivity contribution < 1.29 is 9.90 Å². The molecule has 0 radical (unpaired) electrons. The molecule has 0 bridgehead atoms. The van der Waals surface area contributed by atoms with E-state index in [1.54, 1.807) is 24.3 Å². The Hall–Kier alpha value is -1.51. The molecule has 0 amide bonds. The highest BCUT2D eigenvalue weighted by Gasteiger charge is 2.14. The van der Waals surface area contributed by atoms with Crippen LogP contribution in [0.5, 0.6) is 0 Å². The first kappa shape index (κ1) is 12.9. The van der Waals surface area contributed by atoms with E-state index in [2.05, 4.69) is 0 Å². The van der Waals surface area contributed by atoms with E-state index >= 15 is 0 Å². The molecule has 2 aromatic rings. The quantitative estimate of drug-likeness (QED) is 0.868. The second-order valence-electron chi connectivity index (χ2n) is 3.98. The Bertz CT molecular complexity index is 621. The van der Waals surface area contributed by atoms with E-state index in [9.17, 15) is 9.90 Å². The zero-order valence-corrected chi connectivity index (χ0v) is 11.1. The smallest absolute Gasteiger partial charge is 0.336 e. The highest BCUT2D eigenvalue weighted by Crippen LogP contribution is 2.33. The van der Waals surface area contributed by atoms with Crippen molar-refractivity contribution in [2.75, 3.05) is 0 Å². The van der Waals surface area contributed by atoms with Crippen LogP contribution in [-0.2, 0) is 0 Å². The second kappa shape index (κ2) is 5.01. The zero-order chi connectivity index (χ0) is 13.3. The maximum Gasteiger partial charge on any atom is 0.336 e. The Morgan fingerprint density at radius 1 is 1.06 bits per heavy atom. The SMILES string of the molecule is Cc1ccc(-c2cc(Cl)ccc2C(=O)O)c(Cl)c1. The van der Waals surface area contributed by atoms with Crippen LogP contribution < -0.4 is 0 Å². The van der Waals surface area contributed by atoms with E-state index in [4.69, 9.17) is 23.2 Å². The first-order valence-electron chi connectivity index (χ1n) is 5.28. The van der Waals surface area contributed by atoms with Gasteiger partial charge in [-0.15, -0.1) is 0 Å². The van der Waals surface area contributed by atoms with Gasteiger partial charge in [-0.1, -0.05) is 35.3 Å². The number of carbonyl (C=O) groups is 1. The van der Waals surface area contributed by atoms with Gasteiger partial charge in [0.05, 0.1) is 5.56 Å². The Balaban J connectivity index is 2.69. The summed E-state index contributed by atoms with van der Waals surface area (Å²) in [6.07, 6.45) is 0. The van der Waals surface area contributed by atoms with Crippen molar-refractivity contribution in [2.45, 2.75) is 6.92 Å². The molecule has 4 heteroatoms. The van der Waals surface area contributed by atoms with Crippen molar-refractivity contribution in [1.29, 1.82) is 0 Å². The largest absolute Gasteiger partial charge is 0.478 e. The summed E-state index contributed by atoms with van der Waals surface area (Å²) in [5.41, 5.74) is 2.40. The minimum Gasteiger partial charge on any atom is -0.478 e. The molecule has 0 unspecified atom stereocenters. The van der Waals surface area contributed by atoms with Crippen molar-refractivity contribution in [3.05, 3.63) is 57.6 Å². The molecule has 18 heavy (non-hydrogen) atoms. The van der Waals surface area contributed by atoms with Gasteiger partial charge in [-0.2, -0.15) is 0 Å². The second-order valence-corrected chi connectivity index (χ2v) is 4.82. The van der Waals surface area contributed by atoms with Crippen molar-refractivity contribution in [3.63, 3.8) is 0 Å². The number of aryl methyl sites for hydroxylation is 1. The number of hydrogen-bond acceptors (Lipinski definition) is 1. The lowest BCUT2D eigenvalue weighted by molar-refractivity contribution is 0.0698. The molecular formula is C14H10Cl2O2. The summed E-state index contributed by atoms with van der Waals surface area (Å²) >= 11 is 12.1. The zero-order valence-electron chi connectivity index (χ0n) is 9.58. The number of halogens is 2. The van der Waals surface area contributed by atoms with Crippen molar-refractivity contribution in [3.8, 4) is 11.1 Å². The van der Waals surface area contributed by atoms with Crippen LogP contribution in [0.2, 0.25) is 10.0 Å². The normalized spacial score (nSPS) is 10.4. The minimum absolute atomic E-state index is 0.185. The van der Waals surface area contributed by atoms with Gasteiger partial charge in [-0.25, -0.2) is 4.79 Å². The average molecular weight is 281 g/mol. The summed E-state index contributed by atoms with van der Waals surface area (Å²) in [5, 5.41) is 10.2. The molecule has 2 rings (SSSR count). The lowest BCUT2D eigenvalue weighted by Gasteiger charge is -2.09. The van der Waals surface area contributed by atoms with Gasteiger partial charge >= 0.3 is 5.97 Å². The minimum atomic E-state index is -1.00. The Kier molecular flexibility index (Phi) is 3.60. The summed E-state index contributed by atoms with van der Waals surface area (Å²) in [7, 11) is 0. The Morgan fingerprint density at radius 2 is 1.78 bits per heavy atom. The maximum atomic E-state index is 11.2. The first-order valence-corrected chi connectivity index (χ1v) is 6.04. The molecule has 0 saturated carbocycles. The van der Waals surface area contributed by atoms with Gasteiger partial charge in [-0.05, 0) is 42.3 Å². The molecule has 0 aromatic heterocycles. The number of carboxylic acids is 1. The van der Waals surface area contributed by atoms with Crippen molar-refractivity contribution in [1.82, 2.24) is 0 Å². The van der Waals surface area contributed by atoms with Gasteiger partial charge in [-0.3, -0.25) is 0 Å². The first-order chi connectivity index (χ1) is 8.49. The van der Waals surface area contributed by atoms with Crippen LogP contribution in [0.25, 0.3) is 11.1 Å². The molecule has 0 aliphatic carbocycles. The van der Waals surface area contributed by atoms with E-state index in [1.807, 2.05) is 13.0 Å². The predicted molar refractivity (Wildman–Crippen MR) is 73.6 cm³/mol. The van der Waals surface area contributed by atoms with Crippen molar-refractivity contribution >= 4 is 29.2 Å². The van der Waals surface area contributed by atoms with Crippen LogP contribution in [0.1, 0.15) is 15.9 Å². The molecule has 92 valence electrons. The van der Waals surface area contributed by atoms with Gasteiger partial charge in [0.2, 0.25) is 0 Å². The Labute approximate surface area is 115 Å². The van der Waals surface area contributed by atoms with Gasteiger partial charge in [0.25, 0.3) is 0 Å². The molecule has 0 atom stereocenters. The van der Waals surface area contributed by atoms with Crippen LogP contribution in [0.3, 0.4) is 0 Å². The van der Waals surface area contributed by atoms with Crippen LogP contribution in [0.15, 0.2) is 36.4 Å². The van der Waals surface area contributed by atoms with E-state index in [-0.39, 0.29) is 5.56 Å². The van der Waals surface area contributed by atoms with Crippen molar-refractivity contribution in [2.24, 2.45) is 0 Å². The average Bonchev–Trinajstić information content (AvgIpc) is 2.28.